The fraction of sp³-hybridized carbons (Fsp3) is 0.258. The third-order valence-electron chi connectivity index (χ3n) is 5.81. The van der Waals surface area contributed by atoms with Crippen molar-refractivity contribution in [1.82, 2.24) is 15.3 Å². The van der Waals surface area contributed by atoms with E-state index in [0.717, 1.165) is 6.92 Å². The van der Waals surface area contributed by atoms with Crippen LogP contribution < -0.4 is 20.7 Å². The van der Waals surface area contributed by atoms with Gasteiger partial charge in [0.05, 0.1) is 17.1 Å². The molecule has 1 atom stereocenters. The number of nitrogens with one attached hydrogen (secondary N) is 3. The molecule has 0 radical (unpaired) electrons. The smallest absolute Gasteiger partial charge is 0.407 e. The number of hydrogen-bond acceptors (Lipinski definition) is 9. The summed E-state index contributed by atoms with van der Waals surface area (Å²) in [5.41, 5.74) is 1.48. The van der Waals surface area contributed by atoms with Crippen LogP contribution in [0, 0.1) is 5.82 Å². The average molecular weight is 624 g/mol. The topological polar surface area (TPSA) is 141 Å². The first-order valence-electron chi connectivity index (χ1n) is 13.5. The Balaban J connectivity index is 1.46. The summed E-state index contributed by atoms with van der Waals surface area (Å²) >= 11 is 6.45. The quantitative estimate of drug-likeness (QED) is 0.178. The summed E-state index contributed by atoms with van der Waals surface area (Å²) in [4.78, 5) is 45.3. The molecular weight excluding hydrogens is 593 g/mol. The number of hydrogen-bond donors (Lipinski definition) is 3. The lowest BCUT2D eigenvalue weighted by Crippen LogP contribution is -2.43. The maximum Gasteiger partial charge on any atom is 0.407 e. The highest BCUT2D eigenvalue weighted by Gasteiger charge is 2.24. The highest BCUT2D eigenvalue weighted by Crippen LogP contribution is 2.31. The van der Waals surface area contributed by atoms with Crippen molar-refractivity contribution in [2.75, 3.05) is 17.2 Å². The molecule has 0 spiro atoms. The molecule has 4 aromatic rings. The number of carbonyl (C=O) groups excluding carboxylic acids is 3. The van der Waals surface area contributed by atoms with Gasteiger partial charge in [-0.1, -0.05) is 23.7 Å². The van der Waals surface area contributed by atoms with E-state index in [2.05, 4.69) is 25.9 Å². The Labute approximate surface area is 258 Å². The van der Waals surface area contributed by atoms with Crippen LogP contribution in [0.1, 0.15) is 33.3 Å². The number of amides is 2. The number of halogens is 2. The number of esters is 1. The molecule has 0 aliphatic rings. The zero-order valence-electron chi connectivity index (χ0n) is 24.4. The minimum absolute atomic E-state index is 0.144. The van der Waals surface area contributed by atoms with Gasteiger partial charge in [0.2, 0.25) is 0 Å². The Hall–Kier alpha value is -4.97. The molecule has 0 fully saturated rings. The predicted octanol–water partition coefficient (Wildman–Crippen LogP) is 6.14. The number of ether oxygens (including phenoxy) is 3. The molecule has 0 aliphatic carbocycles. The molecule has 3 aromatic carbocycles. The molecule has 44 heavy (non-hydrogen) atoms. The van der Waals surface area contributed by atoms with Gasteiger partial charge in [0.1, 0.15) is 35.9 Å². The van der Waals surface area contributed by atoms with Crippen molar-refractivity contribution >= 4 is 57.7 Å². The minimum atomic E-state index is -1.32. The predicted molar refractivity (Wildman–Crippen MR) is 163 cm³/mol. The lowest BCUT2D eigenvalue weighted by atomic mass is 10.2. The van der Waals surface area contributed by atoms with Gasteiger partial charge in [-0.05, 0) is 74.9 Å². The molecule has 1 aromatic heterocycles. The molecule has 0 aliphatic heterocycles. The van der Waals surface area contributed by atoms with Crippen LogP contribution in [0.15, 0.2) is 67.0 Å². The molecule has 4 rings (SSSR count). The van der Waals surface area contributed by atoms with Gasteiger partial charge in [-0.15, -0.1) is 0 Å². The highest BCUT2D eigenvalue weighted by atomic mass is 35.5. The fourth-order valence-electron chi connectivity index (χ4n) is 3.96. The van der Waals surface area contributed by atoms with E-state index in [4.69, 9.17) is 25.8 Å². The molecular formula is C31H31ClFN5O6. The molecule has 0 saturated heterocycles. The zero-order valence-corrected chi connectivity index (χ0v) is 25.2. The molecule has 1 heterocycles. The van der Waals surface area contributed by atoms with Crippen molar-refractivity contribution in [2.45, 2.75) is 46.0 Å². The lowest BCUT2D eigenvalue weighted by Gasteiger charge is -2.21. The van der Waals surface area contributed by atoms with Gasteiger partial charge in [-0.25, -0.2) is 19.2 Å². The van der Waals surface area contributed by atoms with E-state index in [1.807, 2.05) is 0 Å². The molecule has 0 bridgehead atoms. The van der Waals surface area contributed by atoms with E-state index in [-0.39, 0.29) is 19.0 Å². The third kappa shape index (κ3) is 9.27. The van der Waals surface area contributed by atoms with Gasteiger partial charge in [0, 0.05) is 23.7 Å². The summed E-state index contributed by atoms with van der Waals surface area (Å²) in [7, 11) is 0. The Kier molecular flexibility index (Phi) is 10.2. The van der Waals surface area contributed by atoms with Crippen LogP contribution in [-0.2, 0) is 25.7 Å². The summed E-state index contributed by atoms with van der Waals surface area (Å²) < 4.78 is 29.5. The first-order chi connectivity index (χ1) is 20.9. The zero-order chi connectivity index (χ0) is 31.9. The highest BCUT2D eigenvalue weighted by molar-refractivity contribution is 6.32. The van der Waals surface area contributed by atoms with Crippen molar-refractivity contribution in [3.8, 4) is 5.75 Å². The number of rotatable bonds is 10. The molecule has 13 heteroatoms. The Bertz CT molecular complexity index is 1680. The van der Waals surface area contributed by atoms with Crippen LogP contribution in [-0.4, -0.2) is 46.2 Å². The number of anilines is 3. The normalized spacial score (nSPS) is 11.8. The number of benzene rings is 3. The van der Waals surface area contributed by atoms with E-state index < -0.39 is 29.7 Å². The lowest BCUT2D eigenvalue weighted by molar-refractivity contribution is -0.151. The van der Waals surface area contributed by atoms with E-state index >= 15 is 0 Å². The van der Waals surface area contributed by atoms with Gasteiger partial charge >= 0.3 is 12.1 Å². The van der Waals surface area contributed by atoms with Crippen molar-refractivity contribution in [1.29, 1.82) is 0 Å². The van der Waals surface area contributed by atoms with Crippen molar-refractivity contribution in [3.05, 3.63) is 83.4 Å². The van der Waals surface area contributed by atoms with Gasteiger partial charge in [0.15, 0.2) is 6.10 Å². The number of carbonyl (C=O) groups is 3. The number of fused-ring (bicyclic) bond motifs is 1. The van der Waals surface area contributed by atoms with Crippen LogP contribution in [0.4, 0.5) is 26.4 Å². The molecule has 0 saturated carbocycles. The second-order valence-corrected chi connectivity index (χ2v) is 11.0. The fourth-order valence-corrected chi connectivity index (χ4v) is 4.19. The van der Waals surface area contributed by atoms with Gasteiger partial charge in [0.25, 0.3) is 5.91 Å². The Morgan fingerprint density at radius 1 is 1.00 bits per heavy atom. The van der Waals surface area contributed by atoms with Gasteiger partial charge in [-0.3, -0.25) is 9.59 Å². The Morgan fingerprint density at radius 2 is 1.77 bits per heavy atom. The second-order valence-electron chi connectivity index (χ2n) is 10.6. The first-order valence-corrected chi connectivity index (χ1v) is 13.9. The standard InChI is InChI=1S/C31H31ClFN5O6/c1-18(39)43-27(15-34-30(41)44-31(2,3)4)29(40)38-21-8-10-25-23(13-21)28(36-17-35-25)37-22-9-11-26(24(32)14-22)42-16-19-6-5-7-20(33)12-19/h5-14,17,27H,15-16H2,1-4H3,(H,34,41)(H,38,40)(H,35,36,37). The molecule has 1 unspecified atom stereocenters. The largest absolute Gasteiger partial charge is 0.487 e. The monoisotopic (exact) mass is 623 g/mol. The van der Waals surface area contributed by atoms with E-state index in [0.29, 0.717) is 44.4 Å². The van der Waals surface area contributed by atoms with Gasteiger partial charge < -0.3 is 30.2 Å². The summed E-state index contributed by atoms with van der Waals surface area (Å²) in [5, 5.41) is 9.23. The third-order valence-corrected chi connectivity index (χ3v) is 6.11. The SMILES string of the molecule is CC(=O)OC(CNC(=O)OC(C)(C)C)C(=O)Nc1ccc2ncnc(Nc3ccc(OCc4cccc(F)c4)c(Cl)c3)c2c1. The summed E-state index contributed by atoms with van der Waals surface area (Å²) in [6.45, 7) is 6.10. The van der Waals surface area contributed by atoms with Crippen LogP contribution in [0.2, 0.25) is 5.02 Å². The molecule has 2 amide bonds. The second kappa shape index (κ2) is 14.0. The maximum absolute atomic E-state index is 13.5. The minimum Gasteiger partial charge on any atom is -0.487 e. The van der Waals surface area contributed by atoms with Crippen LogP contribution in [0.3, 0.4) is 0 Å². The number of alkyl carbamates (subject to hydrolysis) is 1. The number of nitrogens with zero attached hydrogens (tertiary/aromatic N) is 2. The molecule has 230 valence electrons. The summed E-state index contributed by atoms with van der Waals surface area (Å²) in [5.74, 6) is -0.863. The average Bonchev–Trinajstić information content (AvgIpc) is 2.94. The van der Waals surface area contributed by atoms with Crippen molar-refractivity contribution in [2.24, 2.45) is 0 Å². The van der Waals surface area contributed by atoms with E-state index in [1.165, 1.54) is 18.5 Å². The van der Waals surface area contributed by atoms with E-state index in [1.54, 1.807) is 69.3 Å². The van der Waals surface area contributed by atoms with Crippen LogP contribution >= 0.6 is 11.6 Å². The summed E-state index contributed by atoms with van der Waals surface area (Å²) in [6.07, 6.45) is -0.684. The summed E-state index contributed by atoms with van der Waals surface area (Å²) in [6, 6.07) is 16.2. The van der Waals surface area contributed by atoms with Crippen LogP contribution in [0.25, 0.3) is 10.9 Å². The molecule has 3 N–H and O–H groups in total. The molecule has 11 nitrogen and oxygen atoms in total. The van der Waals surface area contributed by atoms with E-state index in [9.17, 15) is 18.8 Å². The van der Waals surface area contributed by atoms with Crippen molar-refractivity contribution in [3.63, 3.8) is 0 Å². The Morgan fingerprint density at radius 3 is 2.48 bits per heavy atom. The van der Waals surface area contributed by atoms with Crippen molar-refractivity contribution < 1.29 is 33.0 Å². The number of aromatic nitrogens is 2. The van der Waals surface area contributed by atoms with Gasteiger partial charge in [-0.2, -0.15) is 0 Å². The maximum atomic E-state index is 13.5. The first kappa shape index (κ1) is 32.0. The van der Waals surface area contributed by atoms with Crippen LogP contribution in [0.5, 0.6) is 5.75 Å².